The summed E-state index contributed by atoms with van der Waals surface area (Å²) in [6, 6.07) is 17.3. The Morgan fingerprint density at radius 2 is 2.00 bits per heavy atom. The number of fused-ring (bicyclic) bond motifs is 1. The van der Waals surface area contributed by atoms with Crippen LogP contribution >= 0.6 is 22.9 Å². The first-order chi connectivity index (χ1) is 18.4. The molecule has 1 fully saturated rings. The Bertz CT molecular complexity index is 1470. The summed E-state index contributed by atoms with van der Waals surface area (Å²) in [6.45, 7) is 1.93. The van der Waals surface area contributed by atoms with Crippen molar-refractivity contribution >= 4 is 56.6 Å². The Labute approximate surface area is 233 Å². The largest absolute Gasteiger partial charge is 0.496 e. The summed E-state index contributed by atoms with van der Waals surface area (Å²) >= 11 is 7.30. The average molecular weight is 572 g/mol. The van der Waals surface area contributed by atoms with Crippen molar-refractivity contribution in [2.24, 2.45) is 0 Å². The van der Waals surface area contributed by atoms with Gasteiger partial charge in [0, 0.05) is 6.54 Å². The highest BCUT2D eigenvalue weighted by Crippen LogP contribution is 2.34. The molecule has 0 saturated carbocycles. The van der Waals surface area contributed by atoms with Crippen molar-refractivity contribution in [3.63, 3.8) is 0 Å². The Kier molecular flexibility index (Phi) is 8.32. The molecule has 5 rings (SSSR count). The van der Waals surface area contributed by atoms with Gasteiger partial charge in [-0.25, -0.2) is 4.21 Å². The minimum Gasteiger partial charge on any atom is -0.496 e. The number of nitrogens with zero attached hydrogens (tertiary/aromatic N) is 3. The van der Waals surface area contributed by atoms with Gasteiger partial charge in [-0.3, -0.25) is 19.1 Å². The van der Waals surface area contributed by atoms with E-state index in [0.717, 1.165) is 47.8 Å². The Balaban J connectivity index is 1.35. The average Bonchev–Trinajstić information content (AvgIpc) is 3.51. The highest BCUT2D eigenvalue weighted by atomic mass is 35.5. The zero-order chi connectivity index (χ0) is 26.6. The third kappa shape index (κ3) is 5.88. The molecule has 1 saturated heterocycles. The van der Waals surface area contributed by atoms with Crippen LogP contribution in [0.25, 0.3) is 10.9 Å². The van der Waals surface area contributed by atoms with E-state index >= 15 is 0 Å². The molecule has 0 aliphatic carbocycles. The molecule has 4 aromatic rings. The van der Waals surface area contributed by atoms with E-state index in [0.29, 0.717) is 33.2 Å². The first-order valence-electron chi connectivity index (χ1n) is 12.5. The maximum absolute atomic E-state index is 13.0. The molecule has 3 heterocycles. The molecule has 2 atom stereocenters. The van der Waals surface area contributed by atoms with E-state index in [1.165, 1.54) is 11.3 Å². The van der Waals surface area contributed by atoms with Gasteiger partial charge in [-0.15, -0.1) is 11.3 Å². The topological polar surface area (TPSA) is 88.5 Å². The number of methoxy groups -OCH3 is 1. The van der Waals surface area contributed by atoms with Gasteiger partial charge in [0.1, 0.15) is 9.96 Å². The number of halogens is 1. The lowest BCUT2D eigenvalue weighted by atomic mass is 10.0. The van der Waals surface area contributed by atoms with Gasteiger partial charge in [-0.05, 0) is 61.8 Å². The first kappa shape index (κ1) is 26.7. The molecule has 2 aromatic carbocycles. The fraction of sp³-hybridized carbons (Fsp3) is 0.333. The summed E-state index contributed by atoms with van der Waals surface area (Å²) in [6.07, 6.45) is 3.14. The third-order valence-electron chi connectivity index (χ3n) is 6.74. The van der Waals surface area contributed by atoms with Crippen LogP contribution in [0.1, 0.15) is 30.4 Å². The van der Waals surface area contributed by atoms with Gasteiger partial charge < -0.3 is 10.1 Å². The normalized spacial score (nSPS) is 16.9. The number of ether oxygens (including phenoxy) is 1. The number of hydrogen-bond donors (Lipinski definition) is 2. The first-order valence-corrected chi connectivity index (χ1v) is 14.8. The lowest BCUT2D eigenvalue weighted by Gasteiger charge is -2.31. The molecule has 0 spiro atoms. The van der Waals surface area contributed by atoms with Crippen molar-refractivity contribution in [3.8, 4) is 5.75 Å². The number of piperidine rings is 1. The van der Waals surface area contributed by atoms with Crippen molar-refractivity contribution in [1.29, 1.82) is 0 Å². The minimum absolute atomic E-state index is 0.0565. The summed E-state index contributed by atoms with van der Waals surface area (Å²) < 4.78 is 24.7. The third-order valence-corrected chi connectivity index (χ3v) is 9.35. The molecule has 0 bridgehead atoms. The summed E-state index contributed by atoms with van der Waals surface area (Å²) in [7, 11) is 2.10. The minimum atomic E-state index is -1.52. The summed E-state index contributed by atoms with van der Waals surface area (Å²) in [5.74, 6) is 1.19. The van der Waals surface area contributed by atoms with Crippen molar-refractivity contribution in [2.75, 3.05) is 25.4 Å². The van der Waals surface area contributed by atoms with E-state index in [1.807, 2.05) is 48.1 Å². The number of likely N-dealkylation sites (tertiary alicyclic amines) is 1. The number of thiophene rings is 1. The zero-order valence-electron chi connectivity index (χ0n) is 21.3. The number of aromatic nitrogens is 2. The summed E-state index contributed by atoms with van der Waals surface area (Å²) in [5.41, 5.74) is 2.92. The molecule has 2 unspecified atom stereocenters. The van der Waals surface area contributed by atoms with Crippen molar-refractivity contribution in [2.45, 2.75) is 42.6 Å². The molecule has 38 heavy (non-hydrogen) atoms. The van der Waals surface area contributed by atoms with Crippen LogP contribution in [0, 0.1) is 0 Å². The van der Waals surface area contributed by atoms with Gasteiger partial charge in [0.2, 0.25) is 5.91 Å². The number of nitrogens with one attached hydrogen (secondary N) is 2. The maximum Gasteiger partial charge on any atom is 0.237 e. The monoisotopic (exact) mass is 571 g/mol. The second-order valence-corrected chi connectivity index (χ2v) is 12.5. The van der Waals surface area contributed by atoms with E-state index in [2.05, 4.69) is 21.0 Å². The lowest BCUT2D eigenvalue weighted by Crippen LogP contribution is -2.47. The number of carbonyl (C=O) groups is 1. The van der Waals surface area contributed by atoms with Gasteiger partial charge in [0.15, 0.2) is 16.8 Å². The van der Waals surface area contributed by atoms with Gasteiger partial charge >= 0.3 is 0 Å². The van der Waals surface area contributed by atoms with Crippen LogP contribution in [0.3, 0.4) is 0 Å². The zero-order valence-corrected chi connectivity index (χ0v) is 23.7. The van der Waals surface area contributed by atoms with Crippen molar-refractivity contribution in [3.05, 3.63) is 70.1 Å². The molecule has 2 N–H and O–H groups in total. The molecule has 2 aromatic heterocycles. The van der Waals surface area contributed by atoms with Gasteiger partial charge in [0.25, 0.3) is 0 Å². The number of likely N-dealkylation sites (N-methyl/N-ethyl adjacent to an activating group) is 1. The standard InChI is InChI=1S/C27H30ClN5O3S2/c1-32-14-4-3-9-21(32)27(34)29-16-18-7-5-8-19(15-18)17-33-20-10-6-11-22(36-2)25(20)26(30-33)31-38(35)24-13-12-23(28)37-24/h5-8,10-13,15,21H,3-4,9,14,16-17H2,1-2H3,(H,29,34)(H,30,31). The van der Waals surface area contributed by atoms with Crippen LogP contribution in [0.4, 0.5) is 5.82 Å². The highest BCUT2D eigenvalue weighted by Gasteiger charge is 2.25. The van der Waals surface area contributed by atoms with E-state index in [-0.39, 0.29) is 11.9 Å². The predicted molar refractivity (Wildman–Crippen MR) is 153 cm³/mol. The quantitative estimate of drug-likeness (QED) is 0.294. The second-order valence-electron chi connectivity index (χ2n) is 9.32. The van der Waals surface area contributed by atoms with Crippen LogP contribution in [-0.4, -0.2) is 51.5 Å². The fourth-order valence-corrected chi connectivity index (χ4v) is 7.04. The summed E-state index contributed by atoms with van der Waals surface area (Å²) in [4.78, 5) is 14.9. The highest BCUT2D eigenvalue weighted by molar-refractivity contribution is 7.88. The van der Waals surface area contributed by atoms with E-state index in [1.54, 1.807) is 19.2 Å². The molecule has 0 radical (unpaired) electrons. The van der Waals surface area contributed by atoms with Crippen LogP contribution in [0.15, 0.2) is 58.8 Å². The van der Waals surface area contributed by atoms with E-state index in [9.17, 15) is 9.00 Å². The molecular formula is C27H30ClN5O3S2. The smallest absolute Gasteiger partial charge is 0.237 e. The van der Waals surface area contributed by atoms with Crippen LogP contribution < -0.4 is 14.8 Å². The van der Waals surface area contributed by atoms with Gasteiger partial charge in [0.05, 0.1) is 34.9 Å². The van der Waals surface area contributed by atoms with E-state index < -0.39 is 11.0 Å². The fourth-order valence-electron chi connectivity index (χ4n) is 4.82. The molecular weight excluding hydrogens is 542 g/mol. The number of rotatable bonds is 9. The van der Waals surface area contributed by atoms with E-state index in [4.69, 9.17) is 21.4 Å². The molecule has 11 heteroatoms. The number of amides is 1. The number of anilines is 1. The van der Waals surface area contributed by atoms with Crippen LogP contribution in [0.2, 0.25) is 4.34 Å². The lowest BCUT2D eigenvalue weighted by molar-refractivity contribution is -0.127. The van der Waals surface area contributed by atoms with Gasteiger partial charge in [-0.2, -0.15) is 5.10 Å². The van der Waals surface area contributed by atoms with Crippen molar-refractivity contribution in [1.82, 2.24) is 20.0 Å². The number of hydrogen-bond acceptors (Lipinski definition) is 6. The molecule has 1 aliphatic rings. The maximum atomic E-state index is 13.0. The molecule has 1 aliphatic heterocycles. The number of carbonyl (C=O) groups excluding carboxylic acids is 1. The van der Waals surface area contributed by atoms with Crippen LogP contribution in [-0.2, 0) is 28.9 Å². The Hall–Kier alpha value is -2.92. The Morgan fingerprint density at radius 1 is 1.18 bits per heavy atom. The summed E-state index contributed by atoms with van der Waals surface area (Å²) in [5, 5.41) is 8.63. The van der Waals surface area contributed by atoms with Crippen LogP contribution in [0.5, 0.6) is 5.75 Å². The molecule has 8 nitrogen and oxygen atoms in total. The molecule has 1 amide bonds. The van der Waals surface area contributed by atoms with Crippen molar-refractivity contribution < 1.29 is 13.7 Å². The molecule has 200 valence electrons. The SMILES string of the molecule is COc1cccc2c1c(NS(=O)c1ccc(Cl)s1)nn2Cc1cccc(CNC(=O)C2CCCCN2C)c1. The second kappa shape index (κ2) is 11.9. The predicted octanol–water partition coefficient (Wildman–Crippen LogP) is 5.04. The Morgan fingerprint density at radius 3 is 2.76 bits per heavy atom. The van der Waals surface area contributed by atoms with Gasteiger partial charge in [-0.1, -0.05) is 48.4 Å². The number of benzene rings is 2.